The quantitative estimate of drug-likeness (QED) is 0.736. The van der Waals surface area contributed by atoms with Crippen LogP contribution in [0.25, 0.3) is 0 Å². The van der Waals surface area contributed by atoms with Gasteiger partial charge in [0.25, 0.3) is 0 Å². The zero-order valence-corrected chi connectivity index (χ0v) is 13.0. The standard InChI is InChI=1S/C16H19ClN2O2/c1-20-15-7-4-12(5-8-15)3-6-13(17)9-14-10-16(21-2)19-11-18-14/h4-5,7-8,10-11,13H,3,6,9H2,1-2H3. The van der Waals surface area contributed by atoms with Crippen LogP contribution in [0.2, 0.25) is 0 Å². The van der Waals surface area contributed by atoms with Gasteiger partial charge in [-0.15, -0.1) is 11.6 Å². The summed E-state index contributed by atoms with van der Waals surface area (Å²) in [7, 11) is 3.26. The molecule has 0 N–H and O–H groups in total. The summed E-state index contributed by atoms with van der Waals surface area (Å²) >= 11 is 6.39. The Kier molecular flexibility index (Phi) is 5.81. The number of benzene rings is 1. The first-order chi connectivity index (χ1) is 10.2. The van der Waals surface area contributed by atoms with E-state index in [1.165, 1.54) is 11.9 Å². The Hall–Kier alpha value is -1.81. The summed E-state index contributed by atoms with van der Waals surface area (Å²) in [6, 6.07) is 9.89. The smallest absolute Gasteiger partial charge is 0.216 e. The number of halogens is 1. The molecule has 0 spiro atoms. The van der Waals surface area contributed by atoms with Crippen molar-refractivity contribution >= 4 is 11.6 Å². The van der Waals surface area contributed by atoms with Crippen molar-refractivity contribution in [3.8, 4) is 11.6 Å². The lowest BCUT2D eigenvalue weighted by Crippen LogP contribution is -2.07. The zero-order chi connectivity index (χ0) is 15.1. The van der Waals surface area contributed by atoms with Crippen molar-refractivity contribution in [2.75, 3.05) is 14.2 Å². The lowest BCUT2D eigenvalue weighted by atomic mass is 10.1. The maximum atomic E-state index is 6.39. The first-order valence-corrected chi connectivity index (χ1v) is 7.27. The average molecular weight is 307 g/mol. The number of rotatable bonds is 7. The average Bonchev–Trinajstić information content (AvgIpc) is 2.53. The zero-order valence-electron chi connectivity index (χ0n) is 12.3. The number of ether oxygens (including phenoxy) is 2. The van der Waals surface area contributed by atoms with Gasteiger partial charge in [-0.2, -0.15) is 0 Å². The molecular weight excluding hydrogens is 288 g/mol. The summed E-state index contributed by atoms with van der Waals surface area (Å²) in [6.45, 7) is 0. The van der Waals surface area contributed by atoms with Gasteiger partial charge >= 0.3 is 0 Å². The molecule has 0 aliphatic carbocycles. The van der Waals surface area contributed by atoms with Crippen molar-refractivity contribution in [1.29, 1.82) is 0 Å². The molecule has 0 bridgehead atoms. The largest absolute Gasteiger partial charge is 0.497 e. The van der Waals surface area contributed by atoms with Gasteiger partial charge in [0.1, 0.15) is 12.1 Å². The SMILES string of the molecule is COc1ccc(CCC(Cl)Cc2cc(OC)ncn2)cc1. The van der Waals surface area contributed by atoms with E-state index in [2.05, 4.69) is 22.1 Å². The van der Waals surface area contributed by atoms with E-state index >= 15 is 0 Å². The maximum Gasteiger partial charge on any atom is 0.216 e. The molecule has 112 valence electrons. The van der Waals surface area contributed by atoms with E-state index in [4.69, 9.17) is 21.1 Å². The minimum atomic E-state index is 0.0340. The van der Waals surface area contributed by atoms with E-state index in [0.717, 1.165) is 24.3 Å². The number of methoxy groups -OCH3 is 2. The Labute approximate surface area is 130 Å². The summed E-state index contributed by atoms with van der Waals surface area (Å²) < 4.78 is 10.2. The minimum absolute atomic E-state index is 0.0340. The minimum Gasteiger partial charge on any atom is -0.497 e. The van der Waals surface area contributed by atoms with E-state index in [1.807, 2.05) is 18.2 Å². The topological polar surface area (TPSA) is 44.2 Å². The maximum absolute atomic E-state index is 6.39. The normalized spacial score (nSPS) is 12.0. The first kappa shape index (κ1) is 15.6. The fourth-order valence-electron chi connectivity index (χ4n) is 2.04. The summed E-state index contributed by atoms with van der Waals surface area (Å²) in [5.41, 5.74) is 2.15. The van der Waals surface area contributed by atoms with Crippen LogP contribution < -0.4 is 9.47 Å². The van der Waals surface area contributed by atoms with Gasteiger partial charge in [0.2, 0.25) is 5.88 Å². The van der Waals surface area contributed by atoms with E-state index < -0.39 is 0 Å². The monoisotopic (exact) mass is 306 g/mol. The van der Waals surface area contributed by atoms with Gasteiger partial charge in [-0.1, -0.05) is 12.1 Å². The van der Waals surface area contributed by atoms with Crippen molar-refractivity contribution in [2.24, 2.45) is 0 Å². The molecule has 0 aliphatic heterocycles. The second-order valence-electron chi connectivity index (χ2n) is 4.74. The molecular formula is C16H19ClN2O2. The van der Waals surface area contributed by atoms with Crippen LogP contribution in [-0.2, 0) is 12.8 Å². The predicted octanol–water partition coefficient (Wildman–Crippen LogP) is 3.28. The number of aryl methyl sites for hydroxylation is 1. The van der Waals surface area contributed by atoms with Crippen LogP contribution in [-0.4, -0.2) is 29.6 Å². The van der Waals surface area contributed by atoms with E-state index in [9.17, 15) is 0 Å². The second kappa shape index (κ2) is 7.84. The van der Waals surface area contributed by atoms with E-state index in [-0.39, 0.29) is 5.38 Å². The van der Waals surface area contributed by atoms with E-state index in [1.54, 1.807) is 14.2 Å². The number of hydrogen-bond acceptors (Lipinski definition) is 4. The van der Waals surface area contributed by atoms with Crippen molar-refractivity contribution < 1.29 is 9.47 Å². The highest BCUT2D eigenvalue weighted by Crippen LogP contribution is 2.17. The van der Waals surface area contributed by atoms with Crippen LogP contribution in [0.4, 0.5) is 0 Å². The first-order valence-electron chi connectivity index (χ1n) is 6.83. The van der Waals surface area contributed by atoms with Crippen LogP contribution >= 0.6 is 11.6 Å². The fourth-order valence-corrected chi connectivity index (χ4v) is 2.31. The molecule has 0 radical (unpaired) electrons. The Morgan fingerprint density at radius 1 is 1.10 bits per heavy atom. The molecule has 0 saturated heterocycles. The third kappa shape index (κ3) is 4.90. The summed E-state index contributed by atoms with van der Waals surface area (Å²) in [5.74, 6) is 1.44. The fraction of sp³-hybridized carbons (Fsp3) is 0.375. The Morgan fingerprint density at radius 2 is 1.86 bits per heavy atom. The van der Waals surface area contributed by atoms with Crippen molar-refractivity contribution in [1.82, 2.24) is 9.97 Å². The van der Waals surface area contributed by atoms with Crippen LogP contribution in [0, 0.1) is 0 Å². The third-order valence-electron chi connectivity index (χ3n) is 3.24. The Balaban J connectivity index is 1.84. The highest BCUT2D eigenvalue weighted by Gasteiger charge is 2.09. The van der Waals surface area contributed by atoms with Crippen LogP contribution in [0.3, 0.4) is 0 Å². The molecule has 0 aliphatic rings. The van der Waals surface area contributed by atoms with Crippen molar-refractivity contribution in [2.45, 2.75) is 24.6 Å². The number of hydrogen-bond donors (Lipinski definition) is 0. The highest BCUT2D eigenvalue weighted by atomic mass is 35.5. The van der Waals surface area contributed by atoms with E-state index in [0.29, 0.717) is 12.3 Å². The molecule has 1 aromatic carbocycles. The molecule has 2 aromatic rings. The molecule has 0 fully saturated rings. The molecule has 0 saturated carbocycles. The Bertz CT molecular complexity index is 560. The summed E-state index contributed by atoms with van der Waals surface area (Å²) in [4.78, 5) is 8.20. The molecule has 21 heavy (non-hydrogen) atoms. The molecule has 1 atom stereocenters. The van der Waals surface area contributed by atoms with Gasteiger partial charge < -0.3 is 9.47 Å². The van der Waals surface area contributed by atoms with Gasteiger partial charge in [0.15, 0.2) is 0 Å². The molecule has 2 rings (SSSR count). The predicted molar refractivity (Wildman–Crippen MR) is 83.2 cm³/mol. The summed E-state index contributed by atoms with van der Waals surface area (Å²) in [5, 5.41) is 0.0340. The molecule has 1 unspecified atom stereocenters. The molecule has 1 aromatic heterocycles. The van der Waals surface area contributed by atoms with Crippen LogP contribution in [0.15, 0.2) is 36.7 Å². The molecule has 5 heteroatoms. The van der Waals surface area contributed by atoms with Gasteiger partial charge in [0.05, 0.1) is 14.2 Å². The highest BCUT2D eigenvalue weighted by molar-refractivity contribution is 6.20. The number of alkyl halides is 1. The van der Waals surface area contributed by atoms with Crippen LogP contribution in [0.1, 0.15) is 17.7 Å². The molecule has 4 nitrogen and oxygen atoms in total. The lowest BCUT2D eigenvalue weighted by molar-refractivity contribution is 0.395. The van der Waals surface area contributed by atoms with Crippen LogP contribution in [0.5, 0.6) is 11.6 Å². The summed E-state index contributed by atoms with van der Waals surface area (Å²) in [6.07, 6.45) is 4.03. The number of nitrogens with zero attached hydrogens (tertiary/aromatic N) is 2. The molecule has 1 heterocycles. The lowest BCUT2D eigenvalue weighted by Gasteiger charge is -2.10. The van der Waals surface area contributed by atoms with Crippen molar-refractivity contribution in [3.05, 3.63) is 47.9 Å². The second-order valence-corrected chi connectivity index (χ2v) is 5.36. The molecule has 0 amide bonds. The van der Waals surface area contributed by atoms with Gasteiger partial charge in [0, 0.05) is 23.6 Å². The Morgan fingerprint density at radius 3 is 2.52 bits per heavy atom. The van der Waals surface area contributed by atoms with Crippen molar-refractivity contribution in [3.63, 3.8) is 0 Å². The third-order valence-corrected chi connectivity index (χ3v) is 3.62. The van der Waals surface area contributed by atoms with Gasteiger partial charge in [-0.05, 0) is 30.5 Å². The van der Waals surface area contributed by atoms with Gasteiger partial charge in [-0.25, -0.2) is 9.97 Å². The number of aromatic nitrogens is 2. The van der Waals surface area contributed by atoms with Gasteiger partial charge in [-0.3, -0.25) is 0 Å².